The van der Waals surface area contributed by atoms with Crippen LogP contribution in [0.4, 0.5) is 5.95 Å². The largest absolute Gasteiger partial charge is 0.369 e. The Balaban J connectivity index is 2.54. The number of hydrogen-bond donors (Lipinski definition) is 1. The number of anilines is 1. The van der Waals surface area contributed by atoms with E-state index in [1.54, 1.807) is 6.20 Å². The van der Waals surface area contributed by atoms with Crippen molar-refractivity contribution in [2.75, 3.05) is 5.73 Å². The second-order valence-corrected chi connectivity index (χ2v) is 3.33. The smallest absolute Gasteiger partial charge is 0.205 e. The maximum Gasteiger partial charge on any atom is 0.205 e. The molecule has 2 rings (SSSR count). The Morgan fingerprint density at radius 3 is 2.64 bits per heavy atom. The van der Waals surface area contributed by atoms with Gasteiger partial charge in [-0.2, -0.15) is 0 Å². The van der Waals surface area contributed by atoms with E-state index in [4.69, 9.17) is 5.73 Å². The number of nitrogens with zero attached hydrogens (tertiary/aromatic N) is 3. The lowest BCUT2D eigenvalue weighted by Crippen LogP contribution is -2.00. The molecule has 72 valence electrons. The molecule has 2 heterocycles. The average Bonchev–Trinajstić information content (AvgIpc) is 2.45. The van der Waals surface area contributed by atoms with Crippen molar-refractivity contribution in [1.82, 2.24) is 14.5 Å². The zero-order valence-corrected chi connectivity index (χ0v) is 8.23. The van der Waals surface area contributed by atoms with Crippen LogP contribution in [0.2, 0.25) is 0 Å². The van der Waals surface area contributed by atoms with E-state index in [2.05, 4.69) is 9.97 Å². The Kier molecular flexibility index (Phi) is 1.96. The van der Waals surface area contributed by atoms with Gasteiger partial charge < -0.3 is 5.73 Å². The van der Waals surface area contributed by atoms with Crippen LogP contribution in [0.1, 0.15) is 11.3 Å². The highest BCUT2D eigenvalue weighted by molar-refractivity contribution is 5.40. The predicted octanol–water partition coefficient (Wildman–Crippen LogP) is 1.47. The Labute approximate surface area is 82.4 Å². The molecule has 0 atom stereocenters. The first-order valence-electron chi connectivity index (χ1n) is 4.40. The molecule has 2 N–H and O–H groups in total. The molecule has 0 aliphatic carbocycles. The second-order valence-electron chi connectivity index (χ2n) is 3.33. The van der Waals surface area contributed by atoms with Gasteiger partial charge in [0, 0.05) is 12.4 Å². The molecule has 0 unspecified atom stereocenters. The third-order valence-corrected chi connectivity index (χ3v) is 1.99. The van der Waals surface area contributed by atoms with Gasteiger partial charge in [-0.05, 0) is 25.5 Å². The SMILES string of the molecule is Cc1cncc(-n2cc(C)nc2N)c1. The molecule has 4 nitrogen and oxygen atoms in total. The first-order chi connectivity index (χ1) is 6.66. The summed E-state index contributed by atoms with van der Waals surface area (Å²) in [6.45, 7) is 3.91. The highest BCUT2D eigenvalue weighted by atomic mass is 15.1. The minimum absolute atomic E-state index is 0.495. The van der Waals surface area contributed by atoms with Gasteiger partial charge in [-0.1, -0.05) is 0 Å². The number of nitrogens with two attached hydrogens (primary N) is 1. The Morgan fingerprint density at radius 1 is 1.29 bits per heavy atom. The van der Waals surface area contributed by atoms with Gasteiger partial charge in [-0.25, -0.2) is 4.98 Å². The van der Waals surface area contributed by atoms with Crippen molar-refractivity contribution in [3.8, 4) is 5.69 Å². The third-order valence-electron chi connectivity index (χ3n) is 1.99. The van der Waals surface area contributed by atoms with Crippen LogP contribution in [0, 0.1) is 13.8 Å². The number of imidazole rings is 1. The summed E-state index contributed by atoms with van der Waals surface area (Å²) in [7, 11) is 0. The van der Waals surface area contributed by atoms with Gasteiger partial charge in [0.25, 0.3) is 0 Å². The summed E-state index contributed by atoms with van der Waals surface area (Å²) >= 11 is 0. The van der Waals surface area contributed by atoms with Gasteiger partial charge in [-0.15, -0.1) is 0 Å². The summed E-state index contributed by atoms with van der Waals surface area (Å²) in [6, 6.07) is 2.02. The molecular formula is C10H12N4. The van der Waals surface area contributed by atoms with Gasteiger partial charge in [0.2, 0.25) is 5.95 Å². The van der Waals surface area contributed by atoms with Crippen molar-refractivity contribution < 1.29 is 0 Å². The molecule has 14 heavy (non-hydrogen) atoms. The molecule has 0 aliphatic rings. The van der Waals surface area contributed by atoms with Gasteiger partial charge in [-0.3, -0.25) is 9.55 Å². The molecule has 0 spiro atoms. The zero-order chi connectivity index (χ0) is 10.1. The van der Waals surface area contributed by atoms with Crippen molar-refractivity contribution >= 4 is 5.95 Å². The molecule has 0 saturated carbocycles. The van der Waals surface area contributed by atoms with Crippen LogP contribution in [0.15, 0.2) is 24.7 Å². The molecule has 4 heteroatoms. The van der Waals surface area contributed by atoms with Crippen LogP contribution in [0.3, 0.4) is 0 Å². The third kappa shape index (κ3) is 1.46. The first kappa shape index (κ1) is 8.74. The maximum atomic E-state index is 5.75. The van der Waals surface area contributed by atoms with Crippen LogP contribution in [-0.4, -0.2) is 14.5 Å². The molecule has 2 aromatic rings. The van der Waals surface area contributed by atoms with Crippen molar-refractivity contribution in [1.29, 1.82) is 0 Å². The van der Waals surface area contributed by atoms with E-state index < -0.39 is 0 Å². The summed E-state index contributed by atoms with van der Waals surface area (Å²) in [5.41, 5.74) is 8.71. The summed E-state index contributed by atoms with van der Waals surface area (Å²) in [6.07, 6.45) is 5.47. The minimum atomic E-state index is 0.495. The topological polar surface area (TPSA) is 56.7 Å². The van der Waals surface area contributed by atoms with Gasteiger partial charge in [0.05, 0.1) is 17.6 Å². The number of rotatable bonds is 1. The summed E-state index contributed by atoms with van der Waals surface area (Å²) in [4.78, 5) is 8.24. The Hall–Kier alpha value is -1.84. The van der Waals surface area contributed by atoms with E-state index in [0.29, 0.717) is 5.95 Å². The lowest BCUT2D eigenvalue weighted by atomic mass is 10.3. The molecule has 0 aromatic carbocycles. The molecule has 0 amide bonds. The highest BCUT2D eigenvalue weighted by Gasteiger charge is 2.03. The van der Waals surface area contributed by atoms with Crippen LogP contribution in [0.25, 0.3) is 5.69 Å². The summed E-state index contributed by atoms with van der Waals surface area (Å²) < 4.78 is 1.83. The monoisotopic (exact) mass is 188 g/mol. The molecule has 0 fully saturated rings. The normalized spacial score (nSPS) is 10.4. The van der Waals surface area contributed by atoms with Crippen LogP contribution < -0.4 is 5.73 Å². The molecular weight excluding hydrogens is 176 g/mol. The van der Waals surface area contributed by atoms with Crippen molar-refractivity contribution in [3.05, 3.63) is 35.9 Å². The van der Waals surface area contributed by atoms with Crippen molar-refractivity contribution in [3.63, 3.8) is 0 Å². The summed E-state index contributed by atoms with van der Waals surface area (Å²) in [5.74, 6) is 0.495. The van der Waals surface area contributed by atoms with Crippen LogP contribution >= 0.6 is 0 Å². The molecule has 0 radical (unpaired) electrons. The van der Waals surface area contributed by atoms with Crippen molar-refractivity contribution in [2.45, 2.75) is 13.8 Å². The predicted molar refractivity (Wildman–Crippen MR) is 55.2 cm³/mol. The van der Waals surface area contributed by atoms with Crippen LogP contribution in [0.5, 0.6) is 0 Å². The molecule has 2 aromatic heterocycles. The van der Waals surface area contributed by atoms with E-state index in [-0.39, 0.29) is 0 Å². The fraction of sp³-hybridized carbons (Fsp3) is 0.200. The lowest BCUT2D eigenvalue weighted by Gasteiger charge is -2.03. The molecule has 0 bridgehead atoms. The highest BCUT2D eigenvalue weighted by Crippen LogP contribution is 2.13. The second kappa shape index (κ2) is 3.14. The number of pyridine rings is 1. The Bertz CT molecular complexity index is 459. The standard InChI is InChI=1S/C10H12N4/c1-7-3-9(5-12-4-7)14-6-8(2)13-10(14)11/h3-6H,1-2H3,(H2,11,13). The number of hydrogen-bond acceptors (Lipinski definition) is 3. The Morgan fingerprint density at radius 2 is 2.07 bits per heavy atom. The molecule has 0 aliphatic heterocycles. The fourth-order valence-electron chi connectivity index (χ4n) is 1.39. The van der Waals surface area contributed by atoms with E-state index in [1.807, 2.05) is 36.9 Å². The minimum Gasteiger partial charge on any atom is -0.369 e. The lowest BCUT2D eigenvalue weighted by molar-refractivity contribution is 1.05. The number of aromatic nitrogens is 3. The van der Waals surface area contributed by atoms with Crippen molar-refractivity contribution in [2.24, 2.45) is 0 Å². The van der Waals surface area contributed by atoms with E-state index in [1.165, 1.54) is 0 Å². The van der Waals surface area contributed by atoms with Crippen LogP contribution in [-0.2, 0) is 0 Å². The number of nitrogen functional groups attached to an aromatic ring is 1. The van der Waals surface area contributed by atoms with E-state index in [0.717, 1.165) is 16.9 Å². The zero-order valence-electron chi connectivity index (χ0n) is 8.23. The van der Waals surface area contributed by atoms with E-state index >= 15 is 0 Å². The van der Waals surface area contributed by atoms with E-state index in [9.17, 15) is 0 Å². The first-order valence-corrected chi connectivity index (χ1v) is 4.40. The van der Waals surface area contributed by atoms with Gasteiger partial charge in [0.15, 0.2) is 0 Å². The summed E-state index contributed by atoms with van der Waals surface area (Å²) in [5, 5.41) is 0. The van der Waals surface area contributed by atoms with Gasteiger partial charge in [0.1, 0.15) is 0 Å². The van der Waals surface area contributed by atoms with Gasteiger partial charge >= 0.3 is 0 Å². The fourth-order valence-corrected chi connectivity index (χ4v) is 1.39. The molecule has 0 saturated heterocycles. The quantitative estimate of drug-likeness (QED) is 0.737. The number of aryl methyl sites for hydroxylation is 2. The maximum absolute atomic E-state index is 5.75. The average molecular weight is 188 g/mol.